The van der Waals surface area contributed by atoms with Crippen LogP contribution in [0.15, 0.2) is 107 Å². The van der Waals surface area contributed by atoms with Crippen molar-refractivity contribution >= 4 is 35.0 Å². The number of nitriles is 1. The normalized spacial score (nSPS) is 14.7. The number of dihydropyridines is 1. The molecule has 3 N–H and O–H groups in total. The molecule has 40 heavy (non-hydrogen) atoms. The number of hydrogen-bond acceptors (Lipinski definition) is 6. The fourth-order valence-corrected chi connectivity index (χ4v) is 5.22. The van der Waals surface area contributed by atoms with Crippen molar-refractivity contribution in [3.63, 3.8) is 0 Å². The average molecular weight is 553 g/mol. The van der Waals surface area contributed by atoms with Crippen LogP contribution in [-0.2, 0) is 9.59 Å². The number of unbranched alkanes of at least 4 members (excludes halogenated alkanes) is 1. The highest BCUT2D eigenvalue weighted by atomic mass is 32.2. The van der Waals surface area contributed by atoms with Crippen LogP contribution in [-0.4, -0.2) is 24.2 Å². The van der Waals surface area contributed by atoms with Crippen molar-refractivity contribution < 1.29 is 14.3 Å². The van der Waals surface area contributed by atoms with Crippen LogP contribution in [0.4, 0.5) is 11.4 Å². The molecule has 0 saturated carbocycles. The fourth-order valence-electron chi connectivity index (χ4n) is 4.33. The van der Waals surface area contributed by atoms with Gasteiger partial charge in [0.1, 0.15) is 5.75 Å². The first-order valence-corrected chi connectivity index (χ1v) is 14.2. The molecule has 0 aliphatic carbocycles. The molecule has 0 unspecified atom stereocenters. The number of carbonyl (C=O) groups excluding carboxylic acids is 2. The first-order chi connectivity index (χ1) is 19.5. The molecule has 0 radical (unpaired) electrons. The molecule has 1 aliphatic rings. The van der Waals surface area contributed by atoms with Gasteiger partial charge < -0.3 is 20.7 Å². The molecule has 4 rings (SSSR count). The number of thioether (sulfide) groups is 1. The zero-order chi connectivity index (χ0) is 28.3. The van der Waals surface area contributed by atoms with Crippen molar-refractivity contribution in [1.29, 1.82) is 5.26 Å². The average Bonchev–Trinajstić information content (AvgIpc) is 2.97. The van der Waals surface area contributed by atoms with Gasteiger partial charge in [-0.2, -0.15) is 5.26 Å². The molecule has 0 aromatic heterocycles. The van der Waals surface area contributed by atoms with Gasteiger partial charge in [0.05, 0.1) is 34.9 Å². The van der Waals surface area contributed by atoms with Crippen LogP contribution in [0.2, 0.25) is 0 Å². The largest absolute Gasteiger partial charge is 0.494 e. The zero-order valence-corrected chi connectivity index (χ0v) is 23.4. The number of amides is 2. The maximum atomic E-state index is 13.5. The number of anilines is 2. The minimum atomic E-state index is -0.582. The second-order valence-corrected chi connectivity index (χ2v) is 10.2. The fraction of sp³-hybridized carbons (Fsp3) is 0.219. The van der Waals surface area contributed by atoms with Gasteiger partial charge in [-0.3, -0.25) is 9.59 Å². The molecule has 204 valence electrons. The summed E-state index contributed by atoms with van der Waals surface area (Å²) in [6.07, 6.45) is 2.05. The third-order valence-corrected chi connectivity index (χ3v) is 7.33. The Morgan fingerprint density at radius 1 is 0.950 bits per heavy atom. The number of rotatable bonds is 11. The van der Waals surface area contributed by atoms with Gasteiger partial charge in [0.15, 0.2) is 0 Å². The van der Waals surface area contributed by atoms with Gasteiger partial charge in [-0.25, -0.2) is 0 Å². The molecule has 3 aromatic carbocycles. The number of hydrogen-bond donors (Lipinski definition) is 3. The summed E-state index contributed by atoms with van der Waals surface area (Å²) in [5, 5.41) is 19.9. The summed E-state index contributed by atoms with van der Waals surface area (Å²) < 4.78 is 5.68. The number of ether oxygens (including phenoxy) is 1. The summed E-state index contributed by atoms with van der Waals surface area (Å²) in [6, 6.07) is 28.3. The summed E-state index contributed by atoms with van der Waals surface area (Å²) >= 11 is 1.24. The van der Waals surface area contributed by atoms with Gasteiger partial charge in [-0.05, 0) is 55.3 Å². The summed E-state index contributed by atoms with van der Waals surface area (Å²) in [7, 11) is 0. The predicted octanol–water partition coefficient (Wildman–Crippen LogP) is 6.57. The maximum Gasteiger partial charge on any atom is 0.254 e. The summed E-state index contributed by atoms with van der Waals surface area (Å²) in [6.45, 7) is 4.59. The lowest BCUT2D eigenvalue weighted by molar-refractivity contribution is -0.114. The van der Waals surface area contributed by atoms with Crippen molar-refractivity contribution in [2.45, 2.75) is 32.6 Å². The van der Waals surface area contributed by atoms with E-state index in [-0.39, 0.29) is 17.6 Å². The topological polar surface area (TPSA) is 103 Å². The number of nitrogens with zero attached hydrogens (tertiary/aromatic N) is 1. The van der Waals surface area contributed by atoms with Gasteiger partial charge in [0, 0.05) is 22.6 Å². The molecule has 0 spiro atoms. The third-order valence-electron chi connectivity index (χ3n) is 6.31. The lowest BCUT2D eigenvalue weighted by Gasteiger charge is -2.29. The minimum Gasteiger partial charge on any atom is -0.494 e. The molecule has 1 atom stereocenters. The predicted molar refractivity (Wildman–Crippen MR) is 161 cm³/mol. The van der Waals surface area contributed by atoms with E-state index >= 15 is 0 Å². The summed E-state index contributed by atoms with van der Waals surface area (Å²) in [5.41, 5.74) is 3.63. The Kier molecular flexibility index (Phi) is 10.0. The Morgan fingerprint density at radius 2 is 1.60 bits per heavy atom. The summed E-state index contributed by atoms with van der Waals surface area (Å²) in [5.74, 6) is -0.231. The Bertz CT molecular complexity index is 1430. The van der Waals surface area contributed by atoms with E-state index in [9.17, 15) is 14.9 Å². The van der Waals surface area contributed by atoms with Crippen LogP contribution in [0.1, 0.15) is 38.2 Å². The summed E-state index contributed by atoms with van der Waals surface area (Å²) in [4.78, 5) is 26.3. The second-order valence-electron chi connectivity index (χ2n) is 9.25. The molecule has 1 heterocycles. The molecule has 2 amide bonds. The van der Waals surface area contributed by atoms with Gasteiger partial charge in [-0.1, -0.05) is 73.6 Å². The van der Waals surface area contributed by atoms with Crippen LogP contribution >= 0.6 is 11.8 Å². The van der Waals surface area contributed by atoms with E-state index in [4.69, 9.17) is 4.74 Å². The first kappa shape index (κ1) is 28.5. The third kappa shape index (κ3) is 7.33. The van der Waals surface area contributed by atoms with Crippen LogP contribution in [0.3, 0.4) is 0 Å². The SMILES string of the molecule is CCCCOc1ccc(NC(=O)CSC2=C(C#N)[C@@H](c3ccccc3)C(C(=O)Nc3ccccc3)=C(C)N2)cc1. The van der Waals surface area contributed by atoms with Crippen molar-refractivity contribution in [2.75, 3.05) is 23.0 Å². The Hall–Kier alpha value is -4.48. The van der Waals surface area contributed by atoms with Crippen molar-refractivity contribution in [3.8, 4) is 11.8 Å². The molecule has 8 heteroatoms. The van der Waals surface area contributed by atoms with E-state index in [1.54, 1.807) is 12.1 Å². The van der Waals surface area contributed by atoms with E-state index in [2.05, 4.69) is 28.9 Å². The van der Waals surface area contributed by atoms with Crippen molar-refractivity contribution in [1.82, 2.24) is 5.32 Å². The number of carbonyl (C=O) groups is 2. The van der Waals surface area contributed by atoms with Gasteiger partial charge in [0.2, 0.25) is 5.91 Å². The number of benzene rings is 3. The van der Waals surface area contributed by atoms with Gasteiger partial charge in [0.25, 0.3) is 5.91 Å². The van der Waals surface area contributed by atoms with E-state index in [1.807, 2.05) is 79.7 Å². The smallest absolute Gasteiger partial charge is 0.254 e. The Morgan fingerprint density at radius 3 is 2.25 bits per heavy atom. The highest BCUT2D eigenvalue weighted by molar-refractivity contribution is 8.03. The van der Waals surface area contributed by atoms with E-state index in [1.165, 1.54) is 11.8 Å². The molecular weight excluding hydrogens is 520 g/mol. The molecule has 0 bridgehead atoms. The van der Waals surface area contributed by atoms with E-state index in [0.717, 1.165) is 24.2 Å². The van der Waals surface area contributed by atoms with Crippen LogP contribution in [0.25, 0.3) is 0 Å². The van der Waals surface area contributed by atoms with Crippen LogP contribution < -0.4 is 20.7 Å². The molecule has 1 aliphatic heterocycles. The van der Waals surface area contributed by atoms with Gasteiger partial charge >= 0.3 is 0 Å². The molecule has 0 saturated heterocycles. The Labute approximate surface area is 239 Å². The standard InChI is InChI=1S/C32H32N4O3S/c1-3-4-19-39-26-17-15-25(16-18-26)35-28(37)21-40-32-27(20-33)30(23-11-7-5-8-12-23)29(22(2)34-32)31(38)36-24-13-9-6-10-14-24/h5-18,30,34H,3-4,19,21H2,1-2H3,(H,35,37)(H,36,38)/t30-/m1/s1. The lowest BCUT2D eigenvalue weighted by atomic mass is 9.82. The van der Waals surface area contributed by atoms with Crippen molar-refractivity contribution in [2.24, 2.45) is 0 Å². The molecular formula is C32H32N4O3S. The number of para-hydroxylation sites is 1. The zero-order valence-electron chi connectivity index (χ0n) is 22.6. The first-order valence-electron chi connectivity index (χ1n) is 13.2. The number of nitrogens with one attached hydrogen (secondary N) is 3. The quantitative estimate of drug-likeness (QED) is 0.233. The lowest BCUT2D eigenvalue weighted by Crippen LogP contribution is -2.31. The van der Waals surface area contributed by atoms with Crippen LogP contribution in [0.5, 0.6) is 5.75 Å². The monoisotopic (exact) mass is 552 g/mol. The molecule has 7 nitrogen and oxygen atoms in total. The van der Waals surface area contributed by atoms with Gasteiger partial charge in [-0.15, -0.1) is 0 Å². The van der Waals surface area contributed by atoms with E-state index < -0.39 is 5.92 Å². The maximum absolute atomic E-state index is 13.5. The highest BCUT2D eigenvalue weighted by Gasteiger charge is 2.34. The highest BCUT2D eigenvalue weighted by Crippen LogP contribution is 2.41. The van der Waals surface area contributed by atoms with E-state index in [0.29, 0.717) is 39.9 Å². The second kappa shape index (κ2) is 14.1. The molecule has 3 aromatic rings. The minimum absolute atomic E-state index is 0.0859. The number of allylic oxidation sites excluding steroid dienone is 2. The van der Waals surface area contributed by atoms with Crippen LogP contribution in [0, 0.1) is 11.3 Å². The Balaban J connectivity index is 1.50. The van der Waals surface area contributed by atoms with Crippen molar-refractivity contribution in [3.05, 3.63) is 112 Å². The molecule has 0 fully saturated rings.